The number of alkyl halides is 3. The molecule has 0 amide bonds. The maximum absolute atomic E-state index is 12.8. The van der Waals surface area contributed by atoms with E-state index in [1.54, 1.807) is 12.1 Å². The van der Waals surface area contributed by atoms with Crippen LogP contribution in [-0.4, -0.2) is 21.4 Å². The number of amidine groups is 2. The first-order valence-electron chi connectivity index (χ1n) is 6.08. The summed E-state index contributed by atoms with van der Waals surface area (Å²) in [5.41, 5.74) is -0.400. The van der Waals surface area contributed by atoms with Crippen LogP contribution >= 0.6 is 11.6 Å². The molecular formula is C14H7ClF3N3O. The Hall–Kier alpha value is -2.41. The topological polar surface area (TPSA) is 51.3 Å². The summed E-state index contributed by atoms with van der Waals surface area (Å²) >= 11 is 5.54. The van der Waals surface area contributed by atoms with Gasteiger partial charge in [-0.05, 0) is 30.3 Å². The number of halogens is 4. The minimum atomic E-state index is -4.59. The number of hydrogen-bond donors (Lipinski definition) is 0. The molecule has 0 spiro atoms. The van der Waals surface area contributed by atoms with E-state index in [2.05, 4.69) is 9.98 Å². The highest BCUT2D eigenvalue weighted by Gasteiger charge is 2.35. The van der Waals surface area contributed by atoms with E-state index in [9.17, 15) is 18.4 Å². The number of rotatable bonds is 2. The summed E-state index contributed by atoms with van der Waals surface area (Å²) in [5, 5.41) is 11.6. The van der Waals surface area contributed by atoms with E-state index in [0.29, 0.717) is 10.3 Å². The van der Waals surface area contributed by atoms with Gasteiger partial charge in [0, 0.05) is 12.4 Å². The van der Waals surface area contributed by atoms with Crippen LogP contribution in [0.4, 0.5) is 13.2 Å². The predicted octanol–water partition coefficient (Wildman–Crippen LogP) is 3.47. The SMILES string of the molecule is [O-][N+]1=C(c2ccncc2)N=C1c1ccc(Cl)c(C(F)(F)F)c1. The molecule has 3 rings (SSSR count). The number of aromatic nitrogens is 1. The Morgan fingerprint density at radius 2 is 1.73 bits per heavy atom. The van der Waals surface area contributed by atoms with Crippen molar-refractivity contribution in [1.29, 1.82) is 0 Å². The molecule has 0 aliphatic carbocycles. The molecule has 1 aromatic carbocycles. The van der Waals surface area contributed by atoms with Gasteiger partial charge in [0.1, 0.15) is 0 Å². The molecule has 0 bridgehead atoms. The van der Waals surface area contributed by atoms with E-state index >= 15 is 0 Å². The van der Waals surface area contributed by atoms with E-state index in [4.69, 9.17) is 11.6 Å². The van der Waals surface area contributed by atoms with Crippen LogP contribution in [0, 0.1) is 5.21 Å². The molecule has 2 aromatic rings. The molecule has 1 aromatic heterocycles. The van der Waals surface area contributed by atoms with Crippen molar-refractivity contribution in [2.24, 2.45) is 4.99 Å². The Morgan fingerprint density at radius 1 is 1.05 bits per heavy atom. The Labute approximate surface area is 127 Å². The summed E-state index contributed by atoms with van der Waals surface area (Å²) in [5.74, 6) is 0.0369. The van der Waals surface area contributed by atoms with Gasteiger partial charge in [0.2, 0.25) is 0 Å². The van der Waals surface area contributed by atoms with Gasteiger partial charge in [-0.25, -0.2) is 4.74 Å². The normalized spacial score (nSPS) is 14.6. The van der Waals surface area contributed by atoms with Gasteiger partial charge in [-0.1, -0.05) is 16.6 Å². The van der Waals surface area contributed by atoms with Gasteiger partial charge in [-0.15, -0.1) is 0 Å². The maximum Gasteiger partial charge on any atom is 0.417 e. The number of hydrogen-bond acceptors (Lipinski definition) is 3. The minimum Gasteiger partial charge on any atom is -0.740 e. The Balaban J connectivity index is 1.95. The molecule has 0 saturated heterocycles. The van der Waals surface area contributed by atoms with Crippen molar-refractivity contribution in [3.8, 4) is 0 Å². The van der Waals surface area contributed by atoms with Gasteiger partial charge < -0.3 is 5.21 Å². The third-order valence-electron chi connectivity index (χ3n) is 3.07. The smallest absolute Gasteiger partial charge is 0.417 e. The number of benzene rings is 1. The first-order valence-corrected chi connectivity index (χ1v) is 6.46. The zero-order chi connectivity index (χ0) is 15.9. The molecule has 112 valence electrons. The zero-order valence-corrected chi connectivity index (χ0v) is 11.6. The average Bonchev–Trinajstić information content (AvgIpc) is 2.47. The summed E-state index contributed by atoms with van der Waals surface area (Å²) in [6.45, 7) is 0. The van der Waals surface area contributed by atoms with Crippen LogP contribution in [0.3, 0.4) is 0 Å². The maximum atomic E-state index is 12.8. The van der Waals surface area contributed by atoms with Gasteiger partial charge in [0.05, 0.1) is 21.7 Å². The van der Waals surface area contributed by atoms with Gasteiger partial charge in [0.25, 0.3) is 11.7 Å². The standard InChI is InChI=1S/C14H7ClF3N3O/c15-11-2-1-9(7-10(11)14(16,17)18)13-20-12(21(13)22)8-3-5-19-6-4-8/h1-7H. The molecule has 4 nitrogen and oxygen atoms in total. The molecule has 0 fully saturated rings. The molecule has 0 unspecified atom stereocenters. The fraction of sp³-hybridized carbons (Fsp3) is 0.0714. The Kier molecular flexibility index (Phi) is 3.37. The van der Waals surface area contributed by atoms with Gasteiger partial charge >= 0.3 is 6.18 Å². The van der Waals surface area contributed by atoms with Crippen LogP contribution in [0.2, 0.25) is 5.02 Å². The molecule has 0 N–H and O–H groups in total. The van der Waals surface area contributed by atoms with Crippen LogP contribution in [0.1, 0.15) is 16.7 Å². The molecule has 22 heavy (non-hydrogen) atoms. The van der Waals surface area contributed by atoms with Crippen molar-refractivity contribution < 1.29 is 17.9 Å². The first-order chi connectivity index (χ1) is 10.4. The molecule has 1 aliphatic heterocycles. The van der Waals surface area contributed by atoms with Crippen LogP contribution in [0.25, 0.3) is 0 Å². The van der Waals surface area contributed by atoms with Gasteiger partial charge in [0.15, 0.2) is 0 Å². The molecule has 0 saturated carbocycles. The third-order valence-corrected chi connectivity index (χ3v) is 3.39. The average molecular weight is 326 g/mol. The van der Waals surface area contributed by atoms with Crippen LogP contribution in [-0.2, 0) is 6.18 Å². The number of pyridine rings is 1. The predicted molar refractivity (Wildman–Crippen MR) is 75.0 cm³/mol. The largest absolute Gasteiger partial charge is 0.740 e. The van der Waals surface area contributed by atoms with Gasteiger partial charge in [-0.3, -0.25) is 4.98 Å². The monoisotopic (exact) mass is 325 g/mol. The van der Waals surface area contributed by atoms with Crippen molar-refractivity contribution in [2.75, 3.05) is 0 Å². The van der Waals surface area contributed by atoms with E-state index in [-0.39, 0.29) is 17.2 Å². The lowest BCUT2D eigenvalue weighted by atomic mass is 10.1. The number of aliphatic imine (C=N–C) groups is 1. The van der Waals surface area contributed by atoms with Crippen LogP contribution < -0.4 is 0 Å². The second kappa shape index (κ2) is 5.10. The lowest BCUT2D eigenvalue weighted by Crippen LogP contribution is -2.33. The lowest BCUT2D eigenvalue weighted by Gasteiger charge is -2.22. The minimum absolute atomic E-state index is 0.0598. The van der Waals surface area contributed by atoms with Crippen LogP contribution in [0.15, 0.2) is 47.7 Å². The van der Waals surface area contributed by atoms with Crippen molar-refractivity contribution in [2.45, 2.75) is 6.18 Å². The van der Waals surface area contributed by atoms with Crippen molar-refractivity contribution >= 4 is 23.3 Å². The zero-order valence-electron chi connectivity index (χ0n) is 10.8. The second-order valence-electron chi connectivity index (χ2n) is 4.48. The van der Waals surface area contributed by atoms with E-state index in [1.165, 1.54) is 18.5 Å². The molecule has 1 aliphatic rings. The highest BCUT2D eigenvalue weighted by molar-refractivity contribution is 6.31. The van der Waals surface area contributed by atoms with E-state index in [0.717, 1.165) is 12.1 Å². The number of nitrogens with zero attached hydrogens (tertiary/aromatic N) is 3. The summed E-state index contributed by atoms with van der Waals surface area (Å²) < 4.78 is 39.0. The van der Waals surface area contributed by atoms with Gasteiger partial charge in [-0.2, -0.15) is 13.2 Å². The first kappa shape index (κ1) is 14.5. The summed E-state index contributed by atoms with van der Waals surface area (Å²) in [7, 11) is 0. The fourth-order valence-corrected chi connectivity index (χ4v) is 2.22. The lowest BCUT2D eigenvalue weighted by molar-refractivity contribution is -0.337. The summed E-state index contributed by atoms with van der Waals surface area (Å²) in [6.07, 6.45) is -1.61. The Morgan fingerprint density at radius 3 is 2.32 bits per heavy atom. The highest BCUT2D eigenvalue weighted by Crippen LogP contribution is 2.35. The van der Waals surface area contributed by atoms with Crippen LogP contribution in [0.5, 0.6) is 0 Å². The molecule has 8 heteroatoms. The Bertz CT molecular complexity index is 801. The van der Waals surface area contributed by atoms with Crippen molar-refractivity contribution in [3.63, 3.8) is 0 Å². The number of hydroxylamine groups is 1. The molecule has 0 radical (unpaired) electrons. The van der Waals surface area contributed by atoms with E-state index < -0.39 is 16.8 Å². The van der Waals surface area contributed by atoms with E-state index in [1.807, 2.05) is 0 Å². The summed E-state index contributed by atoms with van der Waals surface area (Å²) in [4.78, 5) is 7.82. The second-order valence-corrected chi connectivity index (χ2v) is 4.89. The van der Waals surface area contributed by atoms with Crippen molar-refractivity contribution in [3.05, 3.63) is 69.6 Å². The molecule has 0 atom stereocenters. The van der Waals surface area contributed by atoms with Crippen molar-refractivity contribution in [1.82, 2.24) is 4.98 Å². The third kappa shape index (κ3) is 2.43. The fourth-order valence-electron chi connectivity index (χ4n) is 1.99. The quantitative estimate of drug-likeness (QED) is 0.627. The summed E-state index contributed by atoms with van der Waals surface area (Å²) in [6, 6.07) is 6.41. The molecule has 2 heterocycles. The highest BCUT2D eigenvalue weighted by atomic mass is 35.5. The molecular weight excluding hydrogens is 319 g/mol.